The van der Waals surface area contributed by atoms with E-state index < -0.39 is 24.3 Å². The van der Waals surface area contributed by atoms with Crippen molar-refractivity contribution in [1.29, 1.82) is 0 Å². The van der Waals surface area contributed by atoms with Gasteiger partial charge in [-0.05, 0) is 36.4 Å². The summed E-state index contributed by atoms with van der Waals surface area (Å²) in [6.45, 7) is -0.497. The van der Waals surface area contributed by atoms with E-state index in [4.69, 9.17) is 9.26 Å². The number of hydrogen-bond acceptors (Lipinski definition) is 5. The van der Waals surface area contributed by atoms with Gasteiger partial charge in [0.2, 0.25) is 0 Å². The standard InChI is InChI=1S/C22H15FN2O4/c23-16-7-4-8-17(12-16)24-20(26)13-28-22(27)15-9-10-19-18(11-15)21(29-25-19)14-5-2-1-3-6-14/h1-12H,13H2,(H,24,26). The van der Waals surface area contributed by atoms with Gasteiger partial charge in [-0.15, -0.1) is 0 Å². The summed E-state index contributed by atoms with van der Waals surface area (Å²) < 4.78 is 23.6. The fraction of sp³-hybridized carbons (Fsp3) is 0.0455. The average molecular weight is 390 g/mol. The number of anilines is 1. The van der Waals surface area contributed by atoms with Crippen molar-refractivity contribution in [2.75, 3.05) is 11.9 Å². The summed E-state index contributed by atoms with van der Waals surface area (Å²) in [6, 6.07) is 19.6. The minimum Gasteiger partial charge on any atom is -0.452 e. The molecular weight excluding hydrogens is 375 g/mol. The van der Waals surface area contributed by atoms with E-state index in [1.165, 1.54) is 24.3 Å². The van der Waals surface area contributed by atoms with Gasteiger partial charge in [0, 0.05) is 11.3 Å². The molecule has 1 amide bonds. The van der Waals surface area contributed by atoms with Crippen LogP contribution in [0.2, 0.25) is 0 Å². The third-order valence-electron chi connectivity index (χ3n) is 4.19. The molecule has 1 N–H and O–H groups in total. The fourth-order valence-corrected chi connectivity index (χ4v) is 2.84. The normalized spacial score (nSPS) is 10.7. The Morgan fingerprint density at radius 3 is 2.62 bits per heavy atom. The van der Waals surface area contributed by atoms with Crippen LogP contribution >= 0.6 is 0 Å². The fourth-order valence-electron chi connectivity index (χ4n) is 2.84. The summed E-state index contributed by atoms with van der Waals surface area (Å²) >= 11 is 0. The van der Waals surface area contributed by atoms with Crippen molar-refractivity contribution < 1.29 is 23.2 Å². The Bertz CT molecular complexity index is 1190. The van der Waals surface area contributed by atoms with Crippen molar-refractivity contribution in [3.8, 4) is 11.3 Å². The number of hydrogen-bond donors (Lipinski definition) is 1. The number of nitrogens with one attached hydrogen (secondary N) is 1. The molecule has 0 saturated carbocycles. The Labute approximate surface area is 164 Å². The number of carbonyl (C=O) groups is 2. The number of aromatic nitrogens is 1. The lowest BCUT2D eigenvalue weighted by Crippen LogP contribution is -2.21. The van der Waals surface area contributed by atoms with E-state index in [-0.39, 0.29) is 11.3 Å². The van der Waals surface area contributed by atoms with Gasteiger partial charge in [0.25, 0.3) is 5.91 Å². The molecule has 4 aromatic rings. The van der Waals surface area contributed by atoms with E-state index in [0.29, 0.717) is 16.7 Å². The van der Waals surface area contributed by atoms with Crippen LogP contribution in [0.5, 0.6) is 0 Å². The zero-order chi connectivity index (χ0) is 20.2. The highest BCUT2D eigenvalue weighted by Gasteiger charge is 2.16. The maximum absolute atomic E-state index is 13.2. The topological polar surface area (TPSA) is 81.4 Å². The largest absolute Gasteiger partial charge is 0.452 e. The van der Waals surface area contributed by atoms with Crippen LogP contribution in [0.25, 0.3) is 22.2 Å². The van der Waals surface area contributed by atoms with E-state index in [1.807, 2.05) is 30.3 Å². The molecule has 4 rings (SSSR count). The number of ether oxygens (including phenoxy) is 1. The van der Waals surface area contributed by atoms with Crippen LogP contribution in [-0.2, 0) is 9.53 Å². The second kappa shape index (κ2) is 7.93. The molecule has 0 spiro atoms. The van der Waals surface area contributed by atoms with Gasteiger partial charge in [-0.3, -0.25) is 4.79 Å². The first-order valence-corrected chi connectivity index (χ1v) is 8.77. The third-order valence-corrected chi connectivity index (χ3v) is 4.19. The van der Waals surface area contributed by atoms with Crippen molar-refractivity contribution >= 4 is 28.5 Å². The smallest absolute Gasteiger partial charge is 0.338 e. The van der Waals surface area contributed by atoms with Crippen LogP contribution in [0.1, 0.15) is 10.4 Å². The zero-order valence-electron chi connectivity index (χ0n) is 15.1. The van der Waals surface area contributed by atoms with Crippen LogP contribution in [0, 0.1) is 5.82 Å². The van der Waals surface area contributed by atoms with E-state index in [1.54, 1.807) is 18.2 Å². The molecule has 0 aliphatic heterocycles. The third kappa shape index (κ3) is 4.14. The SMILES string of the molecule is O=C(COC(=O)c1ccc2noc(-c3ccccc3)c2c1)Nc1cccc(F)c1. The van der Waals surface area contributed by atoms with E-state index >= 15 is 0 Å². The Hall–Kier alpha value is -4.00. The summed E-state index contributed by atoms with van der Waals surface area (Å²) in [6.07, 6.45) is 0. The first-order valence-electron chi connectivity index (χ1n) is 8.77. The van der Waals surface area contributed by atoms with Gasteiger partial charge in [-0.1, -0.05) is 41.6 Å². The predicted molar refractivity (Wildman–Crippen MR) is 105 cm³/mol. The van der Waals surface area contributed by atoms with Crippen LogP contribution in [0.15, 0.2) is 77.3 Å². The second-order valence-electron chi connectivity index (χ2n) is 6.24. The summed E-state index contributed by atoms with van der Waals surface area (Å²) in [5, 5.41) is 7.13. The highest BCUT2D eigenvalue weighted by molar-refractivity contribution is 6.00. The molecule has 1 aromatic heterocycles. The van der Waals surface area contributed by atoms with E-state index in [9.17, 15) is 14.0 Å². The molecule has 29 heavy (non-hydrogen) atoms. The Morgan fingerprint density at radius 1 is 1.00 bits per heavy atom. The average Bonchev–Trinajstić information content (AvgIpc) is 3.16. The lowest BCUT2D eigenvalue weighted by Gasteiger charge is -2.07. The first-order chi connectivity index (χ1) is 14.1. The molecule has 0 aliphatic carbocycles. The van der Waals surface area contributed by atoms with Crippen LogP contribution in [-0.4, -0.2) is 23.6 Å². The molecule has 7 heteroatoms. The van der Waals surface area contributed by atoms with Crippen molar-refractivity contribution in [1.82, 2.24) is 5.16 Å². The van der Waals surface area contributed by atoms with Gasteiger partial charge in [-0.25, -0.2) is 9.18 Å². The molecule has 0 unspecified atom stereocenters. The van der Waals surface area contributed by atoms with Gasteiger partial charge in [0.05, 0.1) is 10.9 Å². The lowest BCUT2D eigenvalue weighted by atomic mass is 10.1. The van der Waals surface area contributed by atoms with Crippen LogP contribution < -0.4 is 5.32 Å². The summed E-state index contributed by atoms with van der Waals surface area (Å²) in [4.78, 5) is 24.3. The highest BCUT2D eigenvalue weighted by Crippen LogP contribution is 2.29. The Morgan fingerprint density at radius 2 is 1.83 bits per heavy atom. The Balaban J connectivity index is 1.46. The van der Waals surface area contributed by atoms with Crippen molar-refractivity contribution in [2.45, 2.75) is 0 Å². The summed E-state index contributed by atoms with van der Waals surface area (Å²) in [7, 11) is 0. The van der Waals surface area contributed by atoms with E-state index in [0.717, 1.165) is 5.56 Å². The quantitative estimate of drug-likeness (QED) is 0.510. The van der Waals surface area contributed by atoms with Gasteiger partial charge < -0.3 is 14.6 Å². The molecule has 0 saturated heterocycles. The van der Waals surface area contributed by atoms with Gasteiger partial charge >= 0.3 is 5.97 Å². The number of rotatable bonds is 5. The monoisotopic (exact) mass is 390 g/mol. The Kier molecular flexibility index (Phi) is 5.03. The molecule has 0 aliphatic rings. The maximum Gasteiger partial charge on any atom is 0.338 e. The first kappa shape index (κ1) is 18.4. The second-order valence-corrected chi connectivity index (χ2v) is 6.24. The van der Waals surface area contributed by atoms with E-state index in [2.05, 4.69) is 10.5 Å². The minimum absolute atomic E-state index is 0.261. The van der Waals surface area contributed by atoms with Gasteiger partial charge in [0.1, 0.15) is 11.3 Å². The van der Waals surface area contributed by atoms with Gasteiger partial charge in [0.15, 0.2) is 12.4 Å². The van der Waals surface area contributed by atoms with Crippen molar-refractivity contribution in [3.05, 3.63) is 84.2 Å². The predicted octanol–water partition coefficient (Wildman–Crippen LogP) is 4.43. The molecule has 0 fully saturated rings. The number of halogens is 1. The number of esters is 1. The van der Waals surface area contributed by atoms with Crippen molar-refractivity contribution in [2.24, 2.45) is 0 Å². The molecule has 0 radical (unpaired) electrons. The minimum atomic E-state index is -0.665. The molecule has 1 heterocycles. The summed E-state index contributed by atoms with van der Waals surface area (Å²) in [5.74, 6) is -1.17. The number of fused-ring (bicyclic) bond motifs is 1. The zero-order valence-corrected chi connectivity index (χ0v) is 15.1. The highest BCUT2D eigenvalue weighted by atomic mass is 19.1. The van der Waals surface area contributed by atoms with Gasteiger partial charge in [-0.2, -0.15) is 0 Å². The molecule has 0 bridgehead atoms. The molecular formula is C22H15FN2O4. The number of amides is 1. The van der Waals surface area contributed by atoms with Crippen molar-refractivity contribution in [3.63, 3.8) is 0 Å². The lowest BCUT2D eigenvalue weighted by molar-refractivity contribution is -0.119. The number of carbonyl (C=O) groups excluding carboxylic acids is 2. The summed E-state index contributed by atoms with van der Waals surface area (Å²) in [5.41, 5.74) is 1.97. The molecule has 3 aromatic carbocycles. The van der Waals surface area contributed by atoms with Crippen LogP contribution in [0.4, 0.5) is 10.1 Å². The number of nitrogens with zero attached hydrogens (tertiary/aromatic N) is 1. The molecule has 144 valence electrons. The molecule has 6 nitrogen and oxygen atoms in total. The number of benzene rings is 3. The van der Waals surface area contributed by atoms with Crippen LogP contribution in [0.3, 0.4) is 0 Å². The molecule has 0 atom stereocenters. The maximum atomic E-state index is 13.2.